The van der Waals surface area contributed by atoms with Crippen molar-refractivity contribution in [2.45, 2.75) is 24.9 Å². The monoisotopic (exact) mass is 334 g/mol. The van der Waals surface area contributed by atoms with Gasteiger partial charge in [0.15, 0.2) is 0 Å². The highest BCUT2D eigenvalue weighted by Gasteiger charge is 2.27. The molecule has 5 heteroatoms. The van der Waals surface area contributed by atoms with E-state index in [1.54, 1.807) is 6.34 Å². The summed E-state index contributed by atoms with van der Waals surface area (Å²) >= 11 is 1.46. The summed E-state index contributed by atoms with van der Waals surface area (Å²) < 4.78 is 0. The molecule has 1 atom stereocenters. The van der Waals surface area contributed by atoms with E-state index in [4.69, 9.17) is 0 Å². The van der Waals surface area contributed by atoms with Gasteiger partial charge in [0.2, 0.25) is 0 Å². The molecule has 0 amide bonds. The van der Waals surface area contributed by atoms with Crippen LogP contribution >= 0.6 is 11.8 Å². The van der Waals surface area contributed by atoms with Crippen molar-refractivity contribution in [1.82, 2.24) is 9.88 Å². The van der Waals surface area contributed by atoms with Gasteiger partial charge >= 0.3 is 0 Å². The molecule has 0 bridgehead atoms. The molecule has 3 rings (SSSR count). The van der Waals surface area contributed by atoms with E-state index in [2.05, 4.69) is 41.7 Å². The van der Waals surface area contributed by atoms with Gasteiger partial charge in [-0.15, -0.1) is 11.8 Å². The largest absolute Gasteiger partial charge is 0.325 e. The molecule has 120 valence electrons. The highest BCUT2D eigenvalue weighted by atomic mass is 32.2. The topological polar surface area (TPSA) is 52.3 Å². The maximum absolute atomic E-state index is 9.52. The summed E-state index contributed by atoms with van der Waals surface area (Å²) in [6, 6.07) is 12.6. The van der Waals surface area contributed by atoms with E-state index in [0.717, 1.165) is 17.0 Å². The second-order valence-electron chi connectivity index (χ2n) is 5.60. The minimum absolute atomic E-state index is 0.0979. The number of fused-ring (bicyclic) bond motifs is 1. The first-order valence-electron chi connectivity index (χ1n) is 7.64. The van der Waals surface area contributed by atoms with E-state index in [1.165, 1.54) is 17.3 Å². The Balaban J connectivity index is 2.09. The number of nitrogens with zero attached hydrogens (tertiary/aromatic N) is 4. The van der Waals surface area contributed by atoms with Crippen LogP contribution in [0.25, 0.3) is 5.70 Å². The Kier molecular flexibility index (Phi) is 4.41. The van der Waals surface area contributed by atoms with Gasteiger partial charge in [0.05, 0.1) is 23.8 Å². The number of pyridine rings is 1. The first-order valence-corrected chi connectivity index (χ1v) is 8.86. The van der Waals surface area contributed by atoms with Gasteiger partial charge in [-0.2, -0.15) is 5.26 Å². The van der Waals surface area contributed by atoms with E-state index >= 15 is 0 Å². The fraction of sp³-hybridized carbons (Fsp3) is 0.211. The van der Waals surface area contributed by atoms with Crippen molar-refractivity contribution < 1.29 is 0 Å². The molecule has 0 saturated carbocycles. The van der Waals surface area contributed by atoms with Crippen molar-refractivity contribution in [3.63, 3.8) is 0 Å². The molecule has 0 spiro atoms. The van der Waals surface area contributed by atoms with Crippen molar-refractivity contribution in [2.75, 3.05) is 6.26 Å². The maximum atomic E-state index is 9.52. The predicted octanol–water partition coefficient (Wildman–Crippen LogP) is 4.69. The number of aryl methyl sites for hydroxylation is 1. The first-order chi connectivity index (χ1) is 11.6. The molecular weight excluding hydrogens is 316 g/mol. The van der Waals surface area contributed by atoms with Crippen LogP contribution in [0.2, 0.25) is 0 Å². The number of aromatic nitrogens is 1. The Morgan fingerprint density at radius 2 is 2.00 bits per heavy atom. The Bertz CT molecular complexity index is 865. The summed E-state index contributed by atoms with van der Waals surface area (Å²) in [7, 11) is 0. The van der Waals surface area contributed by atoms with Gasteiger partial charge in [-0.25, -0.2) is 9.98 Å². The molecule has 2 heterocycles. The Morgan fingerprint density at radius 1 is 1.29 bits per heavy atom. The fourth-order valence-corrected chi connectivity index (χ4v) is 3.50. The second-order valence-corrected chi connectivity index (χ2v) is 6.40. The number of hydrogen-bond acceptors (Lipinski definition) is 5. The maximum Gasteiger partial charge on any atom is 0.116 e. The summed E-state index contributed by atoms with van der Waals surface area (Å²) in [5, 5.41) is 10.2. The molecular formula is C19H18N4S. The molecule has 1 aromatic carbocycles. The van der Waals surface area contributed by atoms with Crippen LogP contribution in [-0.2, 0) is 0 Å². The molecule has 2 aromatic rings. The zero-order chi connectivity index (χ0) is 17.3. The normalized spacial score (nSPS) is 14.2. The van der Waals surface area contributed by atoms with Crippen LogP contribution in [0, 0.1) is 18.3 Å². The average Bonchev–Trinajstić information content (AvgIpc) is 2.61. The first kappa shape index (κ1) is 16.3. The highest BCUT2D eigenvalue weighted by Crippen LogP contribution is 2.41. The van der Waals surface area contributed by atoms with Crippen molar-refractivity contribution in [1.29, 1.82) is 5.26 Å². The van der Waals surface area contributed by atoms with Crippen molar-refractivity contribution >= 4 is 29.5 Å². The Hall–Kier alpha value is -2.58. The van der Waals surface area contributed by atoms with Crippen molar-refractivity contribution in [2.24, 2.45) is 4.99 Å². The third-order valence-electron chi connectivity index (χ3n) is 4.23. The highest BCUT2D eigenvalue weighted by molar-refractivity contribution is 7.98. The quantitative estimate of drug-likeness (QED) is 0.764. The average molecular weight is 334 g/mol. The Labute approximate surface area is 146 Å². The van der Waals surface area contributed by atoms with E-state index < -0.39 is 0 Å². The molecule has 0 N–H and O–H groups in total. The van der Waals surface area contributed by atoms with Crippen LogP contribution in [0.1, 0.15) is 35.3 Å². The van der Waals surface area contributed by atoms with Crippen LogP contribution in [-0.4, -0.2) is 22.5 Å². The lowest BCUT2D eigenvalue weighted by molar-refractivity contribution is 0.473. The molecule has 1 aromatic heterocycles. The van der Waals surface area contributed by atoms with Gasteiger partial charge < -0.3 is 4.90 Å². The third kappa shape index (κ3) is 2.59. The minimum atomic E-state index is 0.0979. The molecule has 0 fully saturated rings. The number of thioether (sulfide) groups is 1. The number of nitriles is 1. The number of aliphatic imine (C=N–C) groups is 1. The summed E-state index contributed by atoms with van der Waals surface area (Å²) in [4.78, 5) is 11.2. The molecule has 0 aliphatic carbocycles. The third-order valence-corrected chi connectivity index (χ3v) is 4.92. The standard InChI is InChI=1S/C19H18N4S/c1-12-17-14(3)23(13(2)15-8-6-5-7-9-15)11-21-18(17)16(10-20)19(22-12)24-4/h5-9,11,13H,3H2,1-2,4H3. The van der Waals surface area contributed by atoms with Crippen LogP contribution < -0.4 is 0 Å². The van der Waals surface area contributed by atoms with Gasteiger partial charge in [0.25, 0.3) is 0 Å². The van der Waals surface area contributed by atoms with Gasteiger partial charge in [0.1, 0.15) is 16.7 Å². The lowest BCUT2D eigenvalue weighted by atomic mass is 10.0. The van der Waals surface area contributed by atoms with Crippen LogP contribution in [0.4, 0.5) is 5.69 Å². The van der Waals surface area contributed by atoms with E-state index in [1.807, 2.05) is 36.3 Å². The molecule has 24 heavy (non-hydrogen) atoms. The molecule has 1 aliphatic rings. The van der Waals surface area contributed by atoms with E-state index in [-0.39, 0.29) is 6.04 Å². The summed E-state index contributed by atoms with van der Waals surface area (Å²) in [5.41, 5.74) is 4.91. The van der Waals surface area contributed by atoms with E-state index in [9.17, 15) is 5.26 Å². The van der Waals surface area contributed by atoms with Gasteiger partial charge in [-0.3, -0.25) is 0 Å². The van der Waals surface area contributed by atoms with Crippen LogP contribution in [0.5, 0.6) is 0 Å². The van der Waals surface area contributed by atoms with Crippen molar-refractivity contribution in [3.8, 4) is 6.07 Å². The SMILES string of the molecule is C=C1c2c(C)nc(SC)c(C#N)c2N=CN1C(C)c1ccccc1. The summed E-state index contributed by atoms with van der Waals surface area (Å²) in [5.74, 6) is 0. The zero-order valence-corrected chi connectivity index (χ0v) is 14.8. The fourth-order valence-electron chi connectivity index (χ4n) is 2.93. The van der Waals surface area contributed by atoms with Gasteiger partial charge in [-0.1, -0.05) is 36.9 Å². The van der Waals surface area contributed by atoms with E-state index in [0.29, 0.717) is 16.3 Å². The smallest absolute Gasteiger partial charge is 0.116 e. The van der Waals surface area contributed by atoms with Gasteiger partial charge in [-0.05, 0) is 25.7 Å². The molecule has 1 aliphatic heterocycles. The number of rotatable bonds is 3. The summed E-state index contributed by atoms with van der Waals surface area (Å²) in [6.07, 6.45) is 3.69. The zero-order valence-electron chi connectivity index (χ0n) is 13.9. The number of hydrogen-bond donors (Lipinski definition) is 0. The molecule has 4 nitrogen and oxygen atoms in total. The predicted molar refractivity (Wildman–Crippen MR) is 99.4 cm³/mol. The number of benzene rings is 1. The van der Waals surface area contributed by atoms with Gasteiger partial charge in [0, 0.05) is 11.3 Å². The van der Waals surface area contributed by atoms with Crippen LogP contribution in [0.3, 0.4) is 0 Å². The van der Waals surface area contributed by atoms with Crippen LogP contribution in [0.15, 0.2) is 46.9 Å². The second kappa shape index (κ2) is 6.50. The lowest BCUT2D eigenvalue weighted by Gasteiger charge is -2.33. The van der Waals surface area contributed by atoms with Crippen molar-refractivity contribution in [3.05, 3.63) is 59.3 Å². The molecule has 0 saturated heterocycles. The molecule has 0 radical (unpaired) electrons. The lowest BCUT2D eigenvalue weighted by Crippen LogP contribution is -2.26. The summed E-state index contributed by atoms with van der Waals surface area (Å²) in [6.45, 7) is 8.31. The molecule has 1 unspecified atom stereocenters. The minimum Gasteiger partial charge on any atom is -0.325 e. The Morgan fingerprint density at radius 3 is 2.62 bits per heavy atom.